The normalized spacial score (nSPS) is 12.9. The predicted octanol–water partition coefficient (Wildman–Crippen LogP) is 2.92. The molecule has 0 aromatic heterocycles. The lowest BCUT2D eigenvalue weighted by Gasteiger charge is -2.19. The molecule has 0 spiro atoms. The summed E-state index contributed by atoms with van der Waals surface area (Å²) in [6.45, 7) is 2.73. The molecule has 1 N–H and O–H groups in total. The number of hydrogen-bond donors (Lipinski definition) is 1. The first-order chi connectivity index (χ1) is 14.6. The molecule has 1 aliphatic heterocycles. The highest BCUT2D eigenvalue weighted by molar-refractivity contribution is 6.21. The molecule has 158 valence electrons. The summed E-state index contributed by atoms with van der Waals surface area (Å²) in [6, 6.07) is 16.5. The summed E-state index contributed by atoms with van der Waals surface area (Å²) >= 11 is 0. The molecule has 3 amide bonds. The lowest BCUT2D eigenvalue weighted by molar-refractivity contribution is 0.0648. The van der Waals surface area contributed by atoms with Crippen LogP contribution in [0.4, 0.5) is 4.79 Å². The number of nitrogens with zero attached hydrogens (tertiary/aromatic N) is 2. The third-order valence-corrected chi connectivity index (χ3v) is 5.00. The molecule has 3 rings (SSSR count). The van der Waals surface area contributed by atoms with E-state index in [1.807, 2.05) is 37.4 Å². The van der Waals surface area contributed by atoms with Crippen molar-refractivity contribution in [2.45, 2.75) is 19.4 Å². The van der Waals surface area contributed by atoms with Crippen LogP contribution in [0.15, 0.2) is 54.6 Å². The quantitative estimate of drug-likeness (QED) is 0.482. The van der Waals surface area contributed by atoms with E-state index in [9.17, 15) is 14.4 Å². The number of fused-ring (bicyclic) bond motifs is 1. The second-order valence-electron chi connectivity index (χ2n) is 7.31. The van der Waals surface area contributed by atoms with Crippen molar-refractivity contribution in [1.82, 2.24) is 15.1 Å². The highest BCUT2D eigenvalue weighted by Crippen LogP contribution is 2.22. The van der Waals surface area contributed by atoms with Gasteiger partial charge in [0.05, 0.1) is 11.1 Å². The topological polar surface area (TPSA) is 79.0 Å². The number of imide groups is 1. The second kappa shape index (κ2) is 10.5. The van der Waals surface area contributed by atoms with Crippen LogP contribution >= 0.6 is 0 Å². The van der Waals surface area contributed by atoms with E-state index in [0.29, 0.717) is 30.6 Å². The molecule has 1 heterocycles. The van der Waals surface area contributed by atoms with Crippen molar-refractivity contribution < 1.29 is 19.1 Å². The van der Waals surface area contributed by atoms with Crippen LogP contribution in [0.3, 0.4) is 0 Å². The van der Waals surface area contributed by atoms with E-state index in [2.05, 4.69) is 10.2 Å². The minimum absolute atomic E-state index is 0.212. The van der Waals surface area contributed by atoms with Gasteiger partial charge < -0.3 is 15.0 Å². The number of benzene rings is 2. The van der Waals surface area contributed by atoms with Gasteiger partial charge in [-0.3, -0.25) is 14.5 Å². The Hall–Kier alpha value is -3.19. The van der Waals surface area contributed by atoms with Gasteiger partial charge in [-0.1, -0.05) is 42.5 Å². The first-order valence-corrected chi connectivity index (χ1v) is 10.1. The van der Waals surface area contributed by atoms with Crippen LogP contribution in [0.1, 0.15) is 39.1 Å². The summed E-state index contributed by atoms with van der Waals surface area (Å²) in [5, 5.41) is 2.75. The number of carbonyl (C=O) groups excluding carboxylic acids is 3. The fraction of sp³-hybridized carbons (Fsp3) is 0.348. The van der Waals surface area contributed by atoms with Gasteiger partial charge in [-0.15, -0.1) is 0 Å². The zero-order chi connectivity index (χ0) is 21.3. The van der Waals surface area contributed by atoms with E-state index < -0.39 is 6.09 Å². The molecule has 2 aromatic carbocycles. The van der Waals surface area contributed by atoms with Crippen LogP contribution in [0.2, 0.25) is 0 Å². The van der Waals surface area contributed by atoms with Crippen LogP contribution in [-0.4, -0.2) is 60.9 Å². The minimum atomic E-state index is -0.424. The zero-order valence-corrected chi connectivity index (χ0v) is 17.2. The Morgan fingerprint density at radius 3 is 2.20 bits per heavy atom. The largest absolute Gasteiger partial charge is 0.445 e. The fourth-order valence-electron chi connectivity index (χ4n) is 3.37. The van der Waals surface area contributed by atoms with E-state index in [0.717, 1.165) is 25.1 Å². The third kappa shape index (κ3) is 5.67. The van der Waals surface area contributed by atoms with Gasteiger partial charge in [0.25, 0.3) is 11.8 Å². The van der Waals surface area contributed by atoms with Crippen molar-refractivity contribution in [2.24, 2.45) is 0 Å². The molecular weight excluding hydrogens is 382 g/mol. The number of hydrogen-bond acceptors (Lipinski definition) is 5. The van der Waals surface area contributed by atoms with E-state index in [1.54, 1.807) is 24.3 Å². The van der Waals surface area contributed by atoms with Gasteiger partial charge in [0, 0.05) is 13.1 Å². The van der Waals surface area contributed by atoms with E-state index >= 15 is 0 Å². The summed E-state index contributed by atoms with van der Waals surface area (Å²) < 4.78 is 5.17. The molecular formula is C23H27N3O4. The van der Waals surface area contributed by atoms with E-state index in [-0.39, 0.29) is 18.4 Å². The van der Waals surface area contributed by atoms with Gasteiger partial charge in [0.15, 0.2) is 0 Å². The highest BCUT2D eigenvalue weighted by Gasteiger charge is 2.34. The van der Waals surface area contributed by atoms with Crippen molar-refractivity contribution >= 4 is 17.9 Å². The molecule has 7 nitrogen and oxygen atoms in total. The summed E-state index contributed by atoms with van der Waals surface area (Å²) in [5.74, 6) is -0.423. The number of carbonyl (C=O) groups is 3. The molecule has 1 aliphatic rings. The Kier molecular flexibility index (Phi) is 7.57. The van der Waals surface area contributed by atoms with Gasteiger partial charge in [-0.05, 0) is 50.7 Å². The molecule has 0 unspecified atom stereocenters. The average Bonchev–Trinajstić information content (AvgIpc) is 3.01. The maximum atomic E-state index is 12.3. The standard InChI is InChI=1S/C23H27N3O4/c1-25(14-7-13-24-23(29)30-17-18-9-3-2-4-10-18)15-8-16-26-21(27)19-11-5-6-12-20(19)22(26)28/h2-6,9-12H,7-8,13-17H2,1H3,(H,24,29). The zero-order valence-electron chi connectivity index (χ0n) is 17.2. The van der Waals surface area contributed by atoms with Crippen LogP contribution in [-0.2, 0) is 11.3 Å². The van der Waals surface area contributed by atoms with Gasteiger partial charge in [0.2, 0.25) is 0 Å². The number of ether oxygens (including phenoxy) is 1. The maximum Gasteiger partial charge on any atom is 0.407 e. The molecule has 0 atom stereocenters. The van der Waals surface area contributed by atoms with Crippen LogP contribution < -0.4 is 5.32 Å². The Morgan fingerprint density at radius 1 is 0.933 bits per heavy atom. The van der Waals surface area contributed by atoms with Crippen molar-refractivity contribution in [3.05, 3.63) is 71.3 Å². The summed E-state index contributed by atoms with van der Waals surface area (Å²) in [6.07, 6.45) is 1.06. The first-order valence-electron chi connectivity index (χ1n) is 10.1. The van der Waals surface area contributed by atoms with E-state index in [4.69, 9.17) is 4.74 Å². The molecule has 0 fully saturated rings. The van der Waals surface area contributed by atoms with Crippen molar-refractivity contribution in [2.75, 3.05) is 33.2 Å². The van der Waals surface area contributed by atoms with Gasteiger partial charge in [-0.2, -0.15) is 0 Å². The van der Waals surface area contributed by atoms with Crippen LogP contribution in [0, 0.1) is 0 Å². The van der Waals surface area contributed by atoms with Crippen molar-refractivity contribution in [1.29, 1.82) is 0 Å². The number of nitrogens with one attached hydrogen (secondary N) is 1. The number of amides is 3. The fourth-order valence-corrected chi connectivity index (χ4v) is 3.37. The predicted molar refractivity (Wildman–Crippen MR) is 113 cm³/mol. The van der Waals surface area contributed by atoms with E-state index in [1.165, 1.54) is 4.90 Å². The lowest BCUT2D eigenvalue weighted by Crippen LogP contribution is -2.33. The number of rotatable bonds is 10. The highest BCUT2D eigenvalue weighted by atomic mass is 16.5. The summed E-state index contributed by atoms with van der Waals surface area (Å²) in [5.41, 5.74) is 1.92. The van der Waals surface area contributed by atoms with Crippen LogP contribution in [0.25, 0.3) is 0 Å². The van der Waals surface area contributed by atoms with Crippen molar-refractivity contribution in [3.63, 3.8) is 0 Å². The first kappa shape index (κ1) is 21.5. The van der Waals surface area contributed by atoms with Crippen molar-refractivity contribution in [3.8, 4) is 0 Å². The Bertz CT molecular complexity index is 850. The number of alkyl carbamates (subject to hydrolysis) is 1. The Labute approximate surface area is 176 Å². The Morgan fingerprint density at radius 2 is 1.53 bits per heavy atom. The molecule has 0 saturated carbocycles. The third-order valence-electron chi connectivity index (χ3n) is 5.00. The summed E-state index contributed by atoms with van der Waals surface area (Å²) in [4.78, 5) is 39.8. The van der Waals surface area contributed by atoms with Crippen LogP contribution in [0.5, 0.6) is 0 Å². The summed E-state index contributed by atoms with van der Waals surface area (Å²) in [7, 11) is 1.98. The molecule has 2 aromatic rings. The molecule has 0 bridgehead atoms. The average molecular weight is 409 g/mol. The monoisotopic (exact) mass is 409 g/mol. The maximum absolute atomic E-state index is 12.3. The molecule has 0 aliphatic carbocycles. The molecule has 30 heavy (non-hydrogen) atoms. The smallest absolute Gasteiger partial charge is 0.407 e. The lowest BCUT2D eigenvalue weighted by atomic mass is 10.1. The molecule has 0 radical (unpaired) electrons. The second-order valence-corrected chi connectivity index (χ2v) is 7.31. The van der Waals surface area contributed by atoms with Gasteiger partial charge in [0.1, 0.15) is 6.61 Å². The molecule has 0 saturated heterocycles. The van der Waals surface area contributed by atoms with Gasteiger partial charge in [-0.25, -0.2) is 4.79 Å². The van der Waals surface area contributed by atoms with Gasteiger partial charge >= 0.3 is 6.09 Å². The molecule has 7 heteroatoms. The minimum Gasteiger partial charge on any atom is -0.445 e. The SMILES string of the molecule is CN(CCCNC(=O)OCc1ccccc1)CCCN1C(=O)c2ccccc2C1=O. The Balaban J connectivity index is 1.27.